The summed E-state index contributed by atoms with van der Waals surface area (Å²) in [7, 11) is 1.63. The lowest BCUT2D eigenvalue weighted by Crippen LogP contribution is -2.02. The molecule has 0 unspecified atom stereocenters. The Kier molecular flexibility index (Phi) is 5.06. The number of anilines is 1. The Hall–Kier alpha value is -3.19. The van der Waals surface area contributed by atoms with Crippen molar-refractivity contribution in [3.8, 4) is 17.0 Å². The minimum atomic E-state index is -0.988. The molecule has 0 fully saturated rings. The second-order valence-corrected chi connectivity index (χ2v) is 5.89. The van der Waals surface area contributed by atoms with E-state index in [1.807, 2.05) is 29.6 Å². The molecule has 7 heteroatoms. The number of rotatable bonds is 6. The molecule has 0 atom stereocenters. The molecule has 0 saturated heterocycles. The van der Waals surface area contributed by atoms with E-state index in [-0.39, 0.29) is 5.56 Å². The van der Waals surface area contributed by atoms with Crippen LogP contribution >= 0.6 is 11.3 Å². The minimum Gasteiger partial charge on any atom is -0.497 e. The van der Waals surface area contributed by atoms with Crippen molar-refractivity contribution in [2.75, 3.05) is 12.5 Å². The summed E-state index contributed by atoms with van der Waals surface area (Å²) in [5.41, 5.74) is 5.36. The number of carboxylic acids is 1. The van der Waals surface area contributed by atoms with Crippen LogP contribution < -0.4 is 10.2 Å². The number of nitrogens with zero attached hydrogens (tertiary/aromatic N) is 2. The third-order valence-corrected chi connectivity index (χ3v) is 4.19. The van der Waals surface area contributed by atoms with Crippen molar-refractivity contribution in [1.29, 1.82) is 0 Å². The number of benzene rings is 2. The average molecular weight is 353 g/mol. The summed E-state index contributed by atoms with van der Waals surface area (Å²) in [6.45, 7) is 0. The number of carboxylic acid groups (broad SMARTS) is 1. The molecule has 1 heterocycles. The van der Waals surface area contributed by atoms with Gasteiger partial charge in [-0.1, -0.05) is 18.2 Å². The van der Waals surface area contributed by atoms with Gasteiger partial charge in [0.05, 0.1) is 24.6 Å². The second-order valence-electron chi connectivity index (χ2n) is 5.03. The summed E-state index contributed by atoms with van der Waals surface area (Å²) < 4.78 is 5.14. The van der Waals surface area contributed by atoms with E-state index in [1.54, 1.807) is 25.3 Å². The van der Waals surface area contributed by atoms with Crippen LogP contribution in [-0.2, 0) is 0 Å². The van der Waals surface area contributed by atoms with Crippen LogP contribution in [0.15, 0.2) is 59.0 Å². The zero-order valence-corrected chi connectivity index (χ0v) is 14.2. The minimum absolute atomic E-state index is 0.200. The van der Waals surface area contributed by atoms with Gasteiger partial charge in [0.25, 0.3) is 0 Å². The number of thiazole rings is 1. The zero-order chi connectivity index (χ0) is 17.6. The maximum atomic E-state index is 11.2. The molecule has 25 heavy (non-hydrogen) atoms. The van der Waals surface area contributed by atoms with Crippen LogP contribution in [0, 0.1) is 0 Å². The average Bonchev–Trinajstić information content (AvgIpc) is 3.11. The smallest absolute Gasteiger partial charge is 0.336 e. The molecule has 3 rings (SSSR count). The lowest BCUT2D eigenvalue weighted by atomic mass is 10.1. The van der Waals surface area contributed by atoms with Crippen molar-refractivity contribution < 1.29 is 14.6 Å². The lowest BCUT2D eigenvalue weighted by molar-refractivity contribution is 0.0697. The standard InChI is InChI=1S/C18H15N3O3S/c1-24-14-8-6-12(7-9-14)16-11-25-18(20-16)21-19-10-13-4-2-3-5-15(13)17(22)23/h2-11H,1H3,(H,20,21)(H,22,23)/b19-10-. The van der Waals surface area contributed by atoms with Gasteiger partial charge in [-0.25, -0.2) is 9.78 Å². The Bertz CT molecular complexity index is 904. The van der Waals surface area contributed by atoms with Crippen LogP contribution in [0.25, 0.3) is 11.3 Å². The van der Waals surface area contributed by atoms with Crippen LogP contribution in [0.5, 0.6) is 5.75 Å². The van der Waals surface area contributed by atoms with Gasteiger partial charge in [-0.05, 0) is 30.3 Å². The fourth-order valence-corrected chi connectivity index (χ4v) is 2.85. The number of hydrogen-bond acceptors (Lipinski definition) is 6. The van der Waals surface area contributed by atoms with Crippen LogP contribution in [0.3, 0.4) is 0 Å². The van der Waals surface area contributed by atoms with Crippen molar-refractivity contribution in [3.63, 3.8) is 0 Å². The first-order valence-corrected chi connectivity index (χ1v) is 8.26. The highest BCUT2D eigenvalue weighted by Crippen LogP contribution is 2.26. The number of aromatic nitrogens is 1. The predicted molar refractivity (Wildman–Crippen MR) is 98.7 cm³/mol. The normalized spacial score (nSPS) is 10.8. The lowest BCUT2D eigenvalue weighted by Gasteiger charge is -2.00. The first-order chi connectivity index (χ1) is 12.2. The molecule has 0 aliphatic carbocycles. The molecule has 2 N–H and O–H groups in total. The van der Waals surface area contributed by atoms with E-state index in [2.05, 4.69) is 15.5 Å². The summed E-state index contributed by atoms with van der Waals surface area (Å²) >= 11 is 1.42. The number of methoxy groups -OCH3 is 1. The van der Waals surface area contributed by atoms with Gasteiger partial charge in [-0.2, -0.15) is 5.10 Å². The molecule has 6 nitrogen and oxygen atoms in total. The molecule has 0 radical (unpaired) electrons. The Morgan fingerprint density at radius 3 is 2.72 bits per heavy atom. The first-order valence-electron chi connectivity index (χ1n) is 7.39. The Morgan fingerprint density at radius 1 is 1.24 bits per heavy atom. The van der Waals surface area contributed by atoms with Crippen LogP contribution in [0.4, 0.5) is 5.13 Å². The van der Waals surface area contributed by atoms with Gasteiger partial charge in [0, 0.05) is 16.5 Å². The first kappa shape index (κ1) is 16.7. The maximum absolute atomic E-state index is 11.2. The van der Waals surface area contributed by atoms with Crippen LogP contribution in [0.2, 0.25) is 0 Å². The number of carbonyl (C=O) groups is 1. The van der Waals surface area contributed by atoms with E-state index >= 15 is 0 Å². The van der Waals surface area contributed by atoms with E-state index in [1.165, 1.54) is 23.6 Å². The quantitative estimate of drug-likeness (QED) is 0.517. The molecule has 2 aromatic carbocycles. The SMILES string of the molecule is COc1ccc(-c2csc(N/N=C\c3ccccc3C(=O)O)n2)cc1. The van der Waals surface area contributed by atoms with Gasteiger partial charge < -0.3 is 9.84 Å². The number of hydrogen-bond donors (Lipinski definition) is 2. The topological polar surface area (TPSA) is 83.8 Å². The Balaban J connectivity index is 1.70. The fraction of sp³-hybridized carbons (Fsp3) is 0.0556. The molecule has 3 aromatic rings. The molecule has 126 valence electrons. The number of nitrogens with one attached hydrogen (secondary N) is 1. The summed E-state index contributed by atoms with van der Waals surface area (Å²) in [6.07, 6.45) is 1.47. The van der Waals surface area contributed by atoms with Crippen molar-refractivity contribution in [2.45, 2.75) is 0 Å². The molecule has 1 aromatic heterocycles. The molecule has 0 amide bonds. The predicted octanol–water partition coefficient (Wildman–Crippen LogP) is 3.96. The highest BCUT2D eigenvalue weighted by atomic mass is 32.1. The van der Waals surface area contributed by atoms with Crippen molar-refractivity contribution in [1.82, 2.24) is 4.98 Å². The van der Waals surface area contributed by atoms with Crippen molar-refractivity contribution in [3.05, 3.63) is 65.0 Å². The molecule has 0 aliphatic heterocycles. The molecule has 0 spiro atoms. The van der Waals surface area contributed by atoms with Gasteiger partial charge in [0.15, 0.2) is 0 Å². The molecule has 0 bridgehead atoms. The van der Waals surface area contributed by atoms with E-state index in [0.717, 1.165) is 17.0 Å². The molecular formula is C18H15N3O3S. The van der Waals surface area contributed by atoms with Crippen LogP contribution in [0.1, 0.15) is 15.9 Å². The van der Waals surface area contributed by atoms with Crippen molar-refractivity contribution in [2.24, 2.45) is 5.10 Å². The van der Waals surface area contributed by atoms with E-state index < -0.39 is 5.97 Å². The molecular weight excluding hydrogens is 338 g/mol. The van der Waals surface area contributed by atoms with E-state index in [9.17, 15) is 4.79 Å². The van der Waals surface area contributed by atoms with E-state index in [0.29, 0.717) is 10.7 Å². The number of ether oxygens (including phenoxy) is 1. The highest BCUT2D eigenvalue weighted by Gasteiger charge is 2.07. The van der Waals surface area contributed by atoms with Gasteiger partial charge in [-0.3, -0.25) is 5.43 Å². The summed E-state index contributed by atoms with van der Waals surface area (Å²) in [4.78, 5) is 15.6. The van der Waals surface area contributed by atoms with Gasteiger partial charge in [-0.15, -0.1) is 11.3 Å². The third kappa shape index (κ3) is 4.02. The number of hydrazone groups is 1. The number of aromatic carboxylic acids is 1. The monoisotopic (exact) mass is 353 g/mol. The Morgan fingerprint density at radius 2 is 2.00 bits per heavy atom. The fourth-order valence-electron chi connectivity index (χ4n) is 2.18. The maximum Gasteiger partial charge on any atom is 0.336 e. The third-order valence-electron chi connectivity index (χ3n) is 3.44. The molecule has 0 saturated carbocycles. The Labute approximate surface area is 148 Å². The summed E-state index contributed by atoms with van der Waals surface area (Å²) in [5.74, 6) is -0.197. The second kappa shape index (κ2) is 7.59. The van der Waals surface area contributed by atoms with Gasteiger partial charge in [0.1, 0.15) is 5.75 Å². The van der Waals surface area contributed by atoms with Gasteiger partial charge >= 0.3 is 5.97 Å². The van der Waals surface area contributed by atoms with Crippen molar-refractivity contribution >= 4 is 28.7 Å². The zero-order valence-electron chi connectivity index (χ0n) is 13.3. The van der Waals surface area contributed by atoms with Gasteiger partial charge in [0.2, 0.25) is 5.13 Å². The van der Waals surface area contributed by atoms with Crippen LogP contribution in [-0.4, -0.2) is 29.4 Å². The summed E-state index contributed by atoms with van der Waals surface area (Å²) in [6, 6.07) is 14.3. The summed E-state index contributed by atoms with van der Waals surface area (Å²) in [5, 5.41) is 15.8. The molecule has 0 aliphatic rings. The largest absolute Gasteiger partial charge is 0.497 e. The highest BCUT2D eigenvalue weighted by molar-refractivity contribution is 7.14. The van der Waals surface area contributed by atoms with E-state index in [4.69, 9.17) is 9.84 Å².